The molecule has 0 spiro atoms. The second kappa shape index (κ2) is 7.64. The van der Waals surface area contributed by atoms with Crippen molar-refractivity contribution in [3.63, 3.8) is 0 Å². The molecule has 2 aliphatic heterocycles. The molecule has 0 bridgehead atoms. The number of piperidine rings is 2. The highest BCUT2D eigenvalue weighted by atomic mass is 32.2. The normalized spacial score (nSPS) is 22.1. The van der Waals surface area contributed by atoms with Gasteiger partial charge in [-0.1, -0.05) is 12.5 Å². The molecule has 3 rings (SSSR count). The minimum absolute atomic E-state index is 0.0397. The van der Waals surface area contributed by atoms with Gasteiger partial charge in [-0.05, 0) is 57.0 Å². The average molecular weight is 419 g/mol. The van der Waals surface area contributed by atoms with Crippen LogP contribution in [0.15, 0.2) is 29.2 Å². The largest absolute Gasteiger partial charge is 0.416 e. The van der Waals surface area contributed by atoms with Gasteiger partial charge in [0.25, 0.3) is 0 Å². The van der Waals surface area contributed by atoms with Crippen molar-refractivity contribution in [2.75, 3.05) is 26.2 Å². The van der Waals surface area contributed by atoms with E-state index in [-0.39, 0.29) is 25.9 Å². The summed E-state index contributed by atoms with van der Waals surface area (Å²) in [7, 11) is -4.09. The van der Waals surface area contributed by atoms with E-state index in [1.165, 1.54) is 0 Å². The third-order valence-corrected chi connectivity index (χ3v) is 7.66. The van der Waals surface area contributed by atoms with Crippen molar-refractivity contribution in [3.05, 3.63) is 29.8 Å². The summed E-state index contributed by atoms with van der Waals surface area (Å²) in [6, 6.07) is 3.73. The number of sulfonamides is 1. The number of nitrogens with two attached hydrogens (primary N) is 1. The predicted octanol–water partition coefficient (Wildman–Crippen LogP) is 2.20. The van der Waals surface area contributed by atoms with E-state index in [4.69, 9.17) is 5.73 Å². The maximum atomic E-state index is 12.9. The molecule has 1 aromatic carbocycles. The molecule has 2 fully saturated rings. The molecule has 0 aromatic heterocycles. The molecule has 2 heterocycles. The monoisotopic (exact) mass is 419 g/mol. The number of hydrogen-bond acceptors (Lipinski definition) is 4. The van der Waals surface area contributed by atoms with Crippen molar-refractivity contribution < 1.29 is 26.4 Å². The molecule has 2 aliphatic rings. The second-order valence-corrected chi connectivity index (χ2v) is 9.31. The van der Waals surface area contributed by atoms with Crippen molar-refractivity contribution >= 4 is 15.9 Å². The topological polar surface area (TPSA) is 83.7 Å². The highest BCUT2D eigenvalue weighted by molar-refractivity contribution is 7.89. The van der Waals surface area contributed by atoms with E-state index in [2.05, 4.69) is 0 Å². The SMILES string of the molecule is NC(=O)C1(N2CCCCC2)CCN(S(=O)(=O)c2cccc(C(F)(F)F)c2)CC1. The maximum absolute atomic E-state index is 12.9. The fourth-order valence-corrected chi connectivity index (χ4v) is 5.61. The number of halogens is 3. The Morgan fingerprint density at radius 1 is 1.04 bits per heavy atom. The molecule has 10 heteroatoms. The number of rotatable bonds is 4. The number of benzene rings is 1. The summed E-state index contributed by atoms with van der Waals surface area (Å²) in [4.78, 5) is 13.9. The van der Waals surface area contributed by atoms with Crippen LogP contribution in [-0.4, -0.2) is 55.2 Å². The molecular formula is C18H24F3N3O3S. The molecule has 1 aromatic rings. The quantitative estimate of drug-likeness (QED) is 0.811. The van der Waals surface area contributed by atoms with Gasteiger partial charge in [0.15, 0.2) is 0 Å². The zero-order valence-corrected chi connectivity index (χ0v) is 16.2. The molecule has 0 aliphatic carbocycles. The minimum Gasteiger partial charge on any atom is -0.368 e. The summed E-state index contributed by atoms with van der Waals surface area (Å²) in [5.74, 6) is -0.467. The second-order valence-electron chi connectivity index (χ2n) is 7.37. The van der Waals surface area contributed by atoms with Crippen LogP contribution in [0.1, 0.15) is 37.7 Å². The molecular weight excluding hydrogens is 395 g/mol. The Kier molecular flexibility index (Phi) is 5.75. The van der Waals surface area contributed by atoms with Crippen LogP contribution in [-0.2, 0) is 21.0 Å². The zero-order chi connectivity index (χ0) is 20.6. The van der Waals surface area contributed by atoms with E-state index in [1.807, 2.05) is 4.90 Å². The third-order valence-electron chi connectivity index (χ3n) is 5.77. The Hall–Kier alpha value is -1.65. The number of primary amides is 1. The summed E-state index contributed by atoms with van der Waals surface area (Å²) >= 11 is 0. The number of likely N-dealkylation sites (tertiary alicyclic amines) is 1. The lowest BCUT2D eigenvalue weighted by Gasteiger charge is -2.47. The lowest BCUT2D eigenvalue weighted by atomic mass is 9.84. The van der Waals surface area contributed by atoms with Crippen LogP contribution in [0, 0.1) is 0 Å². The molecule has 0 unspecified atom stereocenters. The maximum Gasteiger partial charge on any atom is 0.416 e. The van der Waals surface area contributed by atoms with Gasteiger partial charge in [-0.3, -0.25) is 9.69 Å². The van der Waals surface area contributed by atoms with Crippen LogP contribution in [0.4, 0.5) is 13.2 Å². The summed E-state index contributed by atoms with van der Waals surface area (Å²) in [5, 5.41) is 0. The Bertz CT molecular complexity index is 828. The fourth-order valence-electron chi connectivity index (χ4n) is 4.12. The molecule has 1 amide bonds. The van der Waals surface area contributed by atoms with Crippen LogP contribution >= 0.6 is 0 Å². The van der Waals surface area contributed by atoms with Gasteiger partial charge < -0.3 is 5.73 Å². The van der Waals surface area contributed by atoms with Crippen molar-refractivity contribution in [1.29, 1.82) is 0 Å². The highest BCUT2D eigenvalue weighted by Gasteiger charge is 2.47. The van der Waals surface area contributed by atoms with Gasteiger partial charge in [0.2, 0.25) is 15.9 Å². The lowest BCUT2D eigenvalue weighted by molar-refractivity contribution is -0.137. The molecule has 2 N–H and O–H groups in total. The van der Waals surface area contributed by atoms with Crippen LogP contribution in [0.25, 0.3) is 0 Å². The molecule has 28 heavy (non-hydrogen) atoms. The van der Waals surface area contributed by atoms with Gasteiger partial charge in [-0.2, -0.15) is 17.5 Å². The van der Waals surface area contributed by atoms with E-state index < -0.39 is 38.1 Å². The Labute approximate surface area is 162 Å². The van der Waals surface area contributed by atoms with E-state index in [0.717, 1.165) is 54.9 Å². The Balaban J connectivity index is 1.80. The van der Waals surface area contributed by atoms with Gasteiger partial charge >= 0.3 is 6.18 Å². The summed E-state index contributed by atoms with van der Waals surface area (Å²) < 4.78 is 65.6. The molecule has 156 valence electrons. The van der Waals surface area contributed by atoms with Gasteiger partial charge in [-0.15, -0.1) is 0 Å². The molecule has 0 radical (unpaired) electrons. The molecule has 2 saturated heterocycles. The first-order valence-electron chi connectivity index (χ1n) is 9.30. The first-order valence-corrected chi connectivity index (χ1v) is 10.7. The Morgan fingerprint density at radius 2 is 1.64 bits per heavy atom. The third kappa shape index (κ3) is 3.90. The number of alkyl halides is 3. The van der Waals surface area contributed by atoms with E-state index >= 15 is 0 Å². The van der Waals surface area contributed by atoms with Crippen LogP contribution in [0.5, 0.6) is 0 Å². The van der Waals surface area contributed by atoms with Crippen LogP contribution < -0.4 is 5.73 Å². The van der Waals surface area contributed by atoms with Crippen molar-refractivity contribution in [2.24, 2.45) is 5.73 Å². The minimum atomic E-state index is -4.62. The van der Waals surface area contributed by atoms with E-state index in [0.29, 0.717) is 6.07 Å². The summed E-state index contributed by atoms with van der Waals surface area (Å²) in [6.07, 6.45) is -1.15. The number of carbonyl (C=O) groups excluding carboxylic acids is 1. The molecule has 0 atom stereocenters. The smallest absolute Gasteiger partial charge is 0.368 e. The summed E-state index contributed by atoms with van der Waals surface area (Å²) in [5.41, 5.74) is 3.80. The van der Waals surface area contributed by atoms with Crippen LogP contribution in [0.2, 0.25) is 0 Å². The average Bonchev–Trinajstić information content (AvgIpc) is 2.68. The van der Waals surface area contributed by atoms with Gasteiger partial charge in [0.05, 0.1) is 10.5 Å². The zero-order valence-electron chi connectivity index (χ0n) is 15.4. The molecule has 0 saturated carbocycles. The number of hydrogen-bond donors (Lipinski definition) is 1. The number of nitrogens with zero attached hydrogens (tertiary/aromatic N) is 2. The van der Waals surface area contributed by atoms with Gasteiger partial charge in [-0.25, -0.2) is 8.42 Å². The Morgan fingerprint density at radius 3 is 2.18 bits per heavy atom. The van der Waals surface area contributed by atoms with Gasteiger partial charge in [0, 0.05) is 13.1 Å². The summed E-state index contributed by atoms with van der Waals surface area (Å²) in [6.45, 7) is 1.56. The van der Waals surface area contributed by atoms with Crippen molar-refractivity contribution in [2.45, 2.75) is 48.7 Å². The van der Waals surface area contributed by atoms with Crippen LogP contribution in [0.3, 0.4) is 0 Å². The number of carbonyl (C=O) groups is 1. The standard InChI is InChI=1S/C18H24F3N3O3S/c19-18(20,21)14-5-4-6-15(13-14)28(26,27)24-11-7-17(8-12-24,16(22)25)23-9-2-1-3-10-23/h4-6,13H,1-3,7-12H2,(H2,22,25). The predicted molar refractivity (Wildman–Crippen MR) is 96.8 cm³/mol. The van der Waals surface area contributed by atoms with E-state index in [1.54, 1.807) is 0 Å². The fraction of sp³-hybridized carbons (Fsp3) is 0.611. The highest BCUT2D eigenvalue weighted by Crippen LogP contribution is 2.35. The van der Waals surface area contributed by atoms with E-state index in [9.17, 15) is 26.4 Å². The van der Waals surface area contributed by atoms with Crippen molar-refractivity contribution in [1.82, 2.24) is 9.21 Å². The number of amides is 1. The first kappa shape index (κ1) is 21.1. The first-order chi connectivity index (χ1) is 13.1. The molecule has 6 nitrogen and oxygen atoms in total. The lowest BCUT2D eigenvalue weighted by Crippen LogP contribution is -2.63. The van der Waals surface area contributed by atoms with Gasteiger partial charge in [0.1, 0.15) is 5.54 Å². The van der Waals surface area contributed by atoms with Crippen molar-refractivity contribution in [3.8, 4) is 0 Å².